The van der Waals surface area contributed by atoms with E-state index in [-0.39, 0.29) is 6.10 Å². The fraction of sp³-hybridized carbons (Fsp3) is 0.714. The standard InChI is InChI=1S/C14H21BrN4O/c1-3-16-14-11(15)12(9-4-5-9)17-13(18-14)10-8-19(2)6-7-20-10/h9-10H,3-8H2,1-2H3,(H,16,17,18). The number of halogens is 1. The van der Waals surface area contributed by atoms with Crippen LogP contribution in [0.2, 0.25) is 0 Å². The van der Waals surface area contributed by atoms with Gasteiger partial charge < -0.3 is 15.0 Å². The van der Waals surface area contributed by atoms with Crippen LogP contribution in [0.25, 0.3) is 0 Å². The van der Waals surface area contributed by atoms with Gasteiger partial charge in [0.1, 0.15) is 11.9 Å². The number of nitrogens with zero attached hydrogens (tertiary/aromatic N) is 3. The van der Waals surface area contributed by atoms with Crippen LogP contribution in [0.15, 0.2) is 4.47 Å². The second-order valence-corrected chi connectivity index (χ2v) is 6.35. The van der Waals surface area contributed by atoms with Crippen molar-refractivity contribution in [3.05, 3.63) is 16.0 Å². The van der Waals surface area contributed by atoms with Gasteiger partial charge in [-0.1, -0.05) is 0 Å². The minimum absolute atomic E-state index is 0.0169. The quantitative estimate of drug-likeness (QED) is 0.912. The first kappa shape index (κ1) is 14.2. The van der Waals surface area contributed by atoms with E-state index >= 15 is 0 Å². The number of hydrogen-bond acceptors (Lipinski definition) is 5. The number of likely N-dealkylation sites (N-methyl/N-ethyl adjacent to an activating group) is 1. The molecule has 0 spiro atoms. The third-order valence-corrected chi connectivity index (χ3v) is 4.54. The van der Waals surface area contributed by atoms with Gasteiger partial charge >= 0.3 is 0 Å². The van der Waals surface area contributed by atoms with Crippen LogP contribution in [0, 0.1) is 0 Å². The highest BCUT2D eigenvalue weighted by molar-refractivity contribution is 9.10. The van der Waals surface area contributed by atoms with E-state index in [9.17, 15) is 0 Å². The molecule has 3 rings (SSSR count). The lowest BCUT2D eigenvalue weighted by atomic mass is 10.2. The fourth-order valence-corrected chi connectivity index (χ4v) is 3.11. The van der Waals surface area contributed by atoms with E-state index in [2.05, 4.69) is 45.1 Å². The first-order valence-corrected chi connectivity index (χ1v) is 8.09. The topological polar surface area (TPSA) is 50.3 Å². The zero-order valence-corrected chi connectivity index (χ0v) is 13.6. The molecule has 110 valence electrons. The molecule has 2 heterocycles. The van der Waals surface area contributed by atoms with E-state index in [1.165, 1.54) is 12.8 Å². The van der Waals surface area contributed by atoms with Crippen molar-refractivity contribution in [3.8, 4) is 0 Å². The van der Waals surface area contributed by atoms with Gasteiger partial charge in [0.05, 0.1) is 16.8 Å². The summed E-state index contributed by atoms with van der Waals surface area (Å²) in [4.78, 5) is 11.7. The maximum Gasteiger partial charge on any atom is 0.161 e. The van der Waals surface area contributed by atoms with Crippen LogP contribution in [0.5, 0.6) is 0 Å². The van der Waals surface area contributed by atoms with Gasteiger partial charge in [0.15, 0.2) is 5.82 Å². The number of aromatic nitrogens is 2. The number of rotatable bonds is 4. The van der Waals surface area contributed by atoms with Crippen molar-refractivity contribution in [2.75, 3.05) is 38.6 Å². The summed E-state index contributed by atoms with van der Waals surface area (Å²) in [6.07, 6.45) is 2.44. The van der Waals surface area contributed by atoms with E-state index in [4.69, 9.17) is 9.72 Å². The van der Waals surface area contributed by atoms with Crippen molar-refractivity contribution in [2.24, 2.45) is 0 Å². The third kappa shape index (κ3) is 2.97. The molecular weight excluding hydrogens is 320 g/mol. The first-order chi connectivity index (χ1) is 9.69. The lowest BCUT2D eigenvalue weighted by molar-refractivity contribution is -0.0255. The molecule has 1 aromatic heterocycles. The summed E-state index contributed by atoms with van der Waals surface area (Å²) in [6.45, 7) is 5.51. The molecule has 1 aliphatic heterocycles. The maximum absolute atomic E-state index is 5.85. The third-order valence-electron chi connectivity index (χ3n) is 3.76. The molecule has 0 aromatic carbocycles. The summed E-state index contributed by atoms with van der Waals surface area (Å²) in [5.41, 5.74) is 1.14. The largest absolute Gasteiger partial charge is 0.369 e. The molecule has 6 heteroatoms. The summed E-state index contributed by atoms with van der Waals surface area (Å²) >= 11 is 3.65. The van der Waals surface area contributed by atoms with Crippen molar-refractivity contribution in [1.82, 2.24) is 14.9 Å². The molecule has 5 nitrogen and oxygen atoms in total. The van der Waals surface area contributed by atoms with Crippen LogP contribution < -0.4 is 5.32 Å². The molecule has 0 radical (unpaired) electrons. The molecule has 1 atom stereocenters. The SMILES string of the molecule is CCNc1nc(C2CN(C)CCO2)nc(C2CC2)c1Br. The molecular formula is C14H21BrN4O. The second-order valence-electron chi connectivity index (χ2n) is 5.56. The molecule has 1 saturated carbocycles. The van der Waals surface area contributed by atoms with Crippen LogP contribution in [0.4, 0.5) is 5.82 Å². The first-order valence-electron chi connectivity index (χ1n) is 7.30. The Morgan fingerprint density at radius 1 is 1.40 bits per heavy atom. The van der Waals surface area contributed by atoms with Gasteiger partial charge in [-0.25, -0.2) is 9.97 Å². The Morgan fingerprint density at radius 2 is 2.20 bits per heavy atom. The van der Waals surface area contributed by atoms with Gasteiger partial charge in [0, 0.05) is 25.6 Å². The summed E-state index contributed by atoms with van der Waals surface area (Å²) in [7, 11) is 2.11. The van der Waals surface area contributed by atoms with Gasteiger partial charge in [-0.15, -0.1) is 0 Å². The number of nitrogens with one attached hydrogen (secondary N) is 1. The van der Waals surface area contributed by atoms with Crippen molar-refractivity contribution >= 4 is 21.7 Å². The second kappa shape index (κ2) is 5.95. The highest BCUT2D eigenvalue weighted by Crippen LogP contribution is 2.44. The molecule has 1 aromatic rings. The molecule has 20 heavy (non-hydrogen) atoms. The monoisotopic (exact) mass is 340 g/mol. The van der Waals surface area contributed by atoms with Crippen molar-refractivity contribution < 1.29 is 4.74 Å². The Morgan fingerprint density at radius 3 is 2.85 bits per heavy atom. The van der Waals surface area contributed by atoms with Gasteiger partial charge in [0.25, 0.3) is 0 Å². The number of ether oxygens (including phenoxy) is 1. The zero-order valence-electron chi connectivity index (χ0n) is 12.0. The summed E-state index contributed by atoms with van der Waals surface area (Å²) in [5.74, 6) is 2.30. The molecule has 0 bridgehead atoms. The average Bonchev–Trinajstić information content (AvgIpc) is 3.26. The smallest absolute Gasteiger partial charge is 0.161 e. The molecule has 2 fully saturated rings. The molecule has 1 saturated heterocycles. The highest BCUT2D eigenvalue weighted by atomic mass is 79.9. The molecule has 2 aliphatic rings. The van der Waals surface area contributed by atoms with E-state index in [0.29, 0.717) is 5.92 Å². The highest BCUT2D eigenvalue weighted by Gasteiger charge is 2.31. The van der Waals surface area contributed by atoms with E-state index < -0.39 is 0 Å². The van der Waals surface area contributed by atoms with Crippen LogP contribution in [0.1, 0.15) is 43.3 Å². The lowest BCUT2D eigenvalue weighted by Gasteiger charge is -2.29. The Kier molecular flexibility index (Phi) is 4.23. The molecule has 1 unspecified atom stereocenters. The van der Waals surface area contributed by atoms with Crippen LogP contribution in [-0.4, -0.2) is 48.2 Å². The van der Waals surface area contributed by atoms with Gasteiger partial charge in [-0.05, 0) is 42.7 Å². The van der Waals surface area contributed by atoms with E-state index in [1.807, 2.05) is 0 Å². The number of anilines is 1. The predicted octanol–water partition coefficient (Wildman–Crippen LogP) is 2.55. The normalized spacial score (nSPS) is 23.9. The van der Waals surface area contributed by atoms with E-state index in [0.717, 1.165) is 48.1 Å². The Labute approximate surface area is 128 Å². The van der Waals surface area contributed by atoms with Crippen LogP contribution >= 0.6 is 15.9 Å². The number of hydrogen-bond donors (Lipinski definition) is 1. The minimum atomic E-state index is -0.0169. The molecule has 0 amide bonds. The van der Waals surface area contributed by atoms with Gasteiger partial charge in [-0.3, -0.25) is 0 Å². The minimum Gasteiger partial charge on any atom is -0.369 e. The Bertz CT molecular complexity index is 492. The average molecular weight is 341 g/mol. The van der Waals surface area contributed by atoms with Crippen molar-refractivity contribution in [3.63, 3.8) is 0 Å². The van der Waals surface area contributed by atoms with Crippen molar-refractivity contribution in [1.29, 1.82) is 0 Å². The molecule has 1 aliphatic carbocycles. The van der Waals surface area contributed by atoms with Gasteiger partial charge in [0.2, 0.25) is 0 Å². The summed E-state index contributed by atoms with van der Waals surface area (Å²) < 4.78 is 6.88. The van der Waals surface area contributed by atoms with E-state index in [1.54, 1.807) is 0 Å². The van der Waals surface area contributed by atoms with Gasteiger partial charge in [-0.2, -0.15) is 0 Å². The van der Waals surface area contributed by atoms with Crippen molar-refractivity contribution in [2.45, 2.75) is 31.8 Å². The number of morpholine rings is 1. The summed E-state index contributed by atoms with van der Waals surface area (Å²) in [5, 5.41) is 3.32. The van der Waals surface area contributed by atoms with Crippen LogP contribution in [-0.2, 0) is 4.74 Å². The molecule has 1 N–H and O–H groups in total. The predicted molar refractivity (Wildman–Crippen MR) is 82.1 cm³/mol. The van der Waals surface area contributed by atoms with Crippen LogP contribution in [0.3, 0.4) is 0 Å². The zero-order chi connectivity index (χ0) is 14.1. The maximum atomic E-state index is 5.85. The Balaban J connectivity index is 1.93. The summed E-state index contributed by atoms with van der Waals surface area (Å²) in [6, 6.07) is 0. The Hall–Kier alpha value is -0.720. The lowest BCUT2D eigenvalue weighted by Crippen LogP contribution is -2.36. The fourth-order valence-electron chi connectivity index (χ4n) is 2.47.